The van der Waals surface area contributed by atoms with Gasteiger partial charge in [-0.05, 0) is 29.7 Å². The van der Waals surface area contributed by atoms with Gasteiger partial charge in [-0.15, -0.1) is 0 Å². The lowest BCUT2D eigenvalue weighted by Crippen LogP contribution is -2.62. The standard InChI is InChI=1S/C24H31F2NO5/c25-24(26,11-4-12-27-13-21(29)23(31)22(30)20(27)14-28)16-32-15-17-7-9-19(10-8-17)18-5-2-1-3-6-18/h1-3,5-10,20-23,28-31H,4,11-16H2/t20-,21-,22+,23?/m0/s1. The molecular weight excluding hydrogens is 420 g/mol. The van der Waals surface area contributed by atoms with Crippen LogP contribution in [0.5, 0.6) is 0 Å². The minimum Gasteiger partial charge on any atom is -0.395 e. The van der Waals surface area contributed by atoms with E-state index in [1.54, 1.807) is 0 Å². The van der Waals surface area contributed by atoms with Crippen molar-refractivity contribution in [1.82, 2.24) is 4.90 Å². The molecule has 32 heavy (non-hydrogen) atoms. The van der Waals surface area contributed by atoms with Gasteiger partial charge in [0.2, 0.25) is 0 Å². The number of aliphatic hydroxyl groups is 4. The number of β-amino-alcohol motifs (C(OH)–C–C–N with tert-alkyl or cyclic N) is 1. The molecule has 1 heterocycles. The van der Waals surface area contributed by atoms with Gasteiger partial charge in [0.1, 0.15) is 18.8 Å². The highest BCUT2D eigenvalue weighted by Gasteiger charge is 2.41. The fourth-order valence-electron chi connectivity index (χ4n) is 3.99. The van der Waals surface area contributed by atoms with E-state index in [4.69, 9.17) is 4.74 Å². The fourth-order valence-corrected chi connectivity index (χ4v) is 3.99. The van der Waals surface area contributed by atoms with Crippen LogP contribution in [0.4, 0.5) is 8.78 Å². The Bertz CT molecular complexity index is 821. The zero-order chi connectivity index (χ0) is 23.1. The summed E-state index contributed by atoms with van der Waals surface area (Å²) in [6, 6.07) is 16.6. The van der Waals surface area contributed by atoms with Crippen LogP contribution in [0.3, 0.4) is 0 Å². The van der Waals surface area contributed by atoms with Crippen molar-refractivity contribution in [1.29, 1.82) is 0 Å². The highest BCUT2D eigenvalue weighted by molar-refractivity contribution is 5.63. The SMILES string of the molecule is OC[C@H]1[C@@H](O)C(O)[C@@H](O)CN1CCCC(F)(F)COCc1ccc(-c2ccccc2)cc1. The summed E-state index contributed by atoms with van der Waals surface area (Å²) < 4.78 is 33.7. The number of ether oxygens (including phenoxy) is 1. The second-order valence-corrected chi connectivity index (χ2v) is 8.31. The van der Waals surface area contributed by atoms with Crippen molar-refractivity contribution < 1.29 is 33.9 Å². The van der Waals surface area contributed by atoms with Crippen molar-refractivity contribution in [2.24, 2.45) is 0 Å². The van der Waals surface area contributed by atoms with Crippen molar-refractivity contribution in [3.05, 3.63) is 60.2 Å². The molecule has 0 radical (unpaired) electrons. The largest absolute Gasteiger partial charge is 0.395 e. The summed E-state index contributed by atoms with van der Waals surface area (Å²) >= 11 is 0. The van der Waals surface area contributed by atoms with E-state index >= 15 is 0 Å². The zero-order valence-electron chi connectivity index (χ0n) is 17.9. The van der Waals surface area contributed by atoms with Crippen LogP contribution in [0.2, 0.25) is 0 Å². The lowest BCUT2D eigenvalue weighted by Gasteiger charge is -2.43. The maximum absolute atomic E-state index is 14.2. The molecule has 4 atom stereocenters. The molecule has 0 aliphatic carbocycles. The van der Waals surface area contributed by atoms with Gasteiger partial charge >= 0.3 is 0 Å². The predicted octanol–water partition coefficient (Wildman–Crippen LogP) is 2.04. The van der Waals surface area contributed by atoms with Crippen LogP contribution in [0.15, 0.2) is 54.6 Å². The third-order valence-corrected chi connectivity index (χ3v) is 5.85. The third-order valence-electron chi connectivity index (χ3n) is 5.85. The third kappa shape index (κ3) is 6.54. The first-order chi connectivity index (χ1) is 15.3. The van der Waals surface area contributed by atoms with E-state index < -0.39 is 49.9 Å². The summed E-state index contributed by atoms with van der Waals surface area (Å²) in [5.74, 6) is -3.02. The Balaban J connectivity index is 1.41. The summed E-state index contributed by atoms with van der Waals surface area (Å²) in [7, 11) is 0. The van der Waals surface area contributed by atoms with Gasteiger partial charge in [0.15, 0.2) is 0 Å². The molecule has 3 rings (SSSR count). The van der Waals surface area contributed by atoms with E-state index in [1.165, 1.54) is 4.90 Å². The van der Waals surface area contributed by atoms with E-state index in [2.05, 4.69) is 0 Å². The molecule has 1 saturated heterocycles. The molecule has 0 spiro atoms. The first-order valence-corrected chi connectivity index (χ1v) is 10.8. The average molecular weight is 452 g/mol. The van der Waals surface area contributed by atoms with Crippen LogP contribution in [0.1, 0.15) is 18.4 Å². The van der Waals surface area contributed by atoms with Crippen molar-refractivity contribution in [3.63, 3.8) is 0 Å². The molecule has 2 aromatic carbocycles. The van der Waals surface area contributed by atoms with E-state index in [0.717, 1.165) is 16.7 Å². The number of halogens is 2. The van der Waals surface area contributed by atoms with E-state index in [0.29, 0.717) is 0 Å². The summed E-state index contributed by atoms with van der Waals surface area (Å²) in [4.78, 5) is 1.54. The van der Waals surface area contributed by atoms with Gasteiger partial charge in [0.05, 0.1) is 25.4 Å². The van der Waals surface area contributed by atoms with Gasteiger partial charge in [0.25, 0.3) is 5.92 Å². The topological polar surface area (TPSA) is 93.4 Å². The zero-order valence-corrected chi connectivity index (χ0v) is 17.9. The minimum atomic E-state index is -3.02. The molecule has 8 heteroatoms. The van der Waals surface area contributed by atoms with Crippen molar-refractivity contribution in [2.45, 2.75) is 49.7 Å². The Labute approximate surface area is 186 Å². The normalized spacial score (nSPS) is 24.6. The monoisotopic (exact) mass is 451 g/mol. The van der Waals surface area contributed by atoms with Crippen molar-refractivity contribution >= 4 is 0 Å². The van der Waals surface area contributed by atoms with Crippen molar-refractivity contribution in [3.8, 4) is 11.1 Å². The second kappa shape index (κ2) is 11.3. The molecular formula is C24H31F2NO5. The van der Waals surface area contributed by atoms with E-state index in [-0.39, 0.29) is 26.1 Å². The lowest BCUT2D eigenvalue weighted by molar-refractivity contribution is -0.146. The molecule has 1 unspecified atom stereocenters. The van der Waals surface area contributed by atoms with Crippen LogP contribution in [-0.4, -0.2) is 81.9 Å². The van der Waals surface area contributed by atoms with Crippen LogP contribution in [-0.2, 0) is 11.3 Å². The van der Waals surface area contributed by atoms with E-state index in [1.807, 2.05) is 54.6 Å². The summed E-state index contributed by atoms with van der Waals surface area (Å²) in [5.41, 5.74) is 2.93. The maximum Gasteiger partial charge on any atom is 0.271 e. The Morgan fingerprint density at radius 3 is 2.25 bits per heavy atom. The molecule has 176 valence electrons. The molecule has 2 aromatic rings. The fraction of sp³-hybridized carbons (Fsp3) is 0.500. The molecule has 0 bridgehead atoms. The van der Waals surface area contributed by atoms with Gasteiger partial charge in [-0.2, -0.15) is 0 Å². The number of piperidine rings is 1. The van der Waals surface area contributed by atoms with Crippen LogP contribution >= 0.6 is 0 Å². The van der Waals surface area contributed by atoms with Crippen molar-refractivity contribution in [2.75, 3.05) is 26.3 Å². The summed E-state index contributed by atoms with van der Waals surface area (Å²) in [6.45, 7) is -0.902. The average Bonchev–Trinajstić information content (AvgIpc) is 2.78. The smallest absolute Gasteiger partial charge is 0.271 e. The second-order valence-electron chi connectivity index (χ2n) is 8.31. The number of aliphatic hydroxyl groups excluding tert-OH is 4. The van der Waals surface area contributed by atoms with Gasteiger partial charge in [0, 0.05) is 13.0 Å². The number of hydrogen-bond donors (Lipinski definition) is 4. The predicted molar refractivity (Wildman–Crippen MR) is 116 cm³/mol. The number of nitrogens with zero attached hydrogens (tertiary/aromatic N) is 1. The maximum atomic E-state index is 14.2. The number of hydrogen-bond acceptors (Lipinski definition) is 6. The molecule has 6 nitrogen and oxygen atoms in total. The minimum absolute atomic E-state index is 0.00447. The van der Waals surface area contributed by atoms with Crippen LogP contribution in [0.25, 0.3) is 11.1 Å². The van der Waals surface area contributed by atoms with Gasteiger partial charge in [-0.3, -0.25) is 4.90 Å². The quantitative estimate of drug-likeness (QED) is 0.442. The highest BCUT2D eigenvalue weighted by Crippen LogP contribution is 2.25. The molecule has 1 aliphatic heterocycles. The Kier molecular flexibility index (Phi) is 8.70. The van der Waals surface area contributed by atoms with Crippen LogP contribution in [0, 0.1) is 0 Å². The number of likely N-dealkylation sites (tertiary alicyclic amines) is 1. The number of rotatable bonds is 10. The Morgan fingerprint density at radius 1 is 0.938 bits per heavy atom. The molecule has 0 saturated carbocycles. The van der Waals surface area contributed by atoms with Gasteiger partial charge in [-0.25, -0.2) is 8.78 Å². The Hall–Kier alpha value is -1.94. The molecule has 4 N–H and O–H groups in total. The van der Waals surface area contributed by atoms with Gasteiger partial charge < -0.3 is 25.2 Å². The first kappa shape index (κ1) is 24.7. The summed E-state index contributed by atoms with van der Waals surface area (Å²) in [5, 5.41) is 38.9. The van der Waals surface area contributed by atoms with Gasteiger partial charge in [-0.1, -0.05) is 54.6 Å². The summed E-state index contributed by atoms with van der Waals surface area (Å²) in [6.07, 6.45) is -4.22. The lowest BCUT2D eigenvalue weighted by atomic mass is 9.94. The molecule has 1 aliphatic rings. The highest BCUT2D eigenvalue weighted by atomic mass is 19.3. The first-order valence-electron chi connectivity index (χ1n) is 10.8. The van der Waals surface area contributed by atoms with E-state index in [9.17, 15) is 29.2 Å². The molecule has 0 aromatic heterocycles. The number of benzene rings is 2. The molecule has 1 fully saturated rings. The molecule has 0 amide bonds. The Morgan fingerprint density at radius 2 is 1.59 bits per heavy atom. The van der Waals surface area contributed by atoms with Crippen LogP contribution < -0.4 is 0 Å². The number of alkyl halides is 2.